The van der Waals surface area contributed by atoms with Crippen molar-refractivity contribution >= 4 is 6.08 Å². The van der Waals surface area contributed by atoms with E-state index in [1.807, 2.05) is 18.2 Å². The molecule has 0 bridgehead atoms. The van der Waals surface area contributed by atoms with Crippen molar-refractivity contribution in [2.24, 2.45) is 5.11 Å². The summed E-state index contributed by atoms with van der Waals surface area (Å²) in [5.41, 5.74) is 9.54. The topological polar surface area (TPSA) is 48.8 Å². The first-order valence-corrected chi connectivity index (χ1v) is 4.68. The molecule has 1 aromatic rings. The van der Waals surface area contributed by atoms with Crippen molar-refractivity contribution in [3.63, 3.8) is 0 Å². The number of hydrogen-bond donors (Lipinski definition) is 0. The van der Waals surface area contributed by atoms with Gasteiger partial charge in [0, 0.05) is 11.5 Å². The summed E-state index contributed by atoms with van der Waals surface area (Å²) in [6.45, 7) is 2.17. The third-order valence-electron chi connectivity index (χ3n) is 2.07. The van der Waals surface area contributed by atoms with Crippen LogP contribution in [0.15, 0.2) is 29.4 Å². The van der Waals surface area contributed by atoms with Crippen LogP contribution in [-0.4, -0.2) is 6.54 Å². The van der Waals surface area contributed by atoms with Crippen LogP contribution >= 0.6 is 0 Å². The van der Waals surface area contributed by atoms with Crippen molar-refractivity contribution in [1.29, 1.82) is 0 Å². The predicted molar refractivity (Wildman–Crippen MR) is 58.8 cm³/mol. The lowest BCUT2D eigenvalue weighted by Gasteiger charge is -2.00. The van der Waals surface area contributed by atoms with Crippen LogP contribution in [0.4, 0.5) is 4.39 Å². The van der Waals surface area contributed by atoms with E-state index in [9.17, 15) is 4.39 Å². The summed E-state index contributed by atoms with van der Waals surface area (Å²) < 4.78 is 13.1. The molecule has 4 heteroatoms. The fourth-order valence-corrected chi connectivity index (χ4v) is 1.19. The Morgan fingerprint density at radius 2 is 2.33 bits per heavy atom. The lowest BCUT2D eigenvalue weighted by atomic mass is 10.1. The molecule has 0 atom stereocenters. The Hall–Kier alpha value is -1.80. The van der Waals surface area contributed by atoms with Crippen molar-refractivity contribution in [2.45, 2.75) is 13.3 Å². The van der Waals surface area contributed by atoms with Crippen LogP contribution in [-0.2, 0) is 0 Å². The minimum atomic E-state index is -0.202. The molecule has 0 saturated heterocycles. The van der Waals surface area contributed by atoms with Crippen molar-refractivity contribution < 1.29 is 4.39 Å². The minimum absolute atomic E-state index is 0.202. The molecular formula is C11H12FN3. The van der Waals surface area contributed by atoms with Crippen LogP contribution in [0, 0.1) is 12.7 Å². The summed E-state index contributed by atoms with van der Waals surface area (Å²) in [5.74, 6) is -0.202. The average molecular weight is 205 g/mol. The van der Waals surface area contributed by atoms with Crippen molar-refractivity contribution in [3.8, 4) is 0 Å². The normalized spacial score (nSPS) is 10.3. The molecule has 0 N–H and O–H groups in total. The summed E-state index contributed by atoms with van der Waals surface area (Å²) >= 11 is 0. The van der Waals surface area contributed by atoms with Gasteiger partial charge in [0.15, 0.2) is 0 Å². The maximum atomic E-state index is 13.1. The number of azide groups is 1. The van der Waals surface area contributed by atoms with E-state index in [0.29, 0.717) is 18.5 Å². The van der Waals surface area contributed by atoms with Gasteiger partial charge >= 0.3 is 0 Å². The molecule has 0 unspecified atom stereocenters. The van der Waals surface area contributed by atoms with Crippen molar-refractivity contribution in [2.75, 3.05) is 6.54 Å². The first kappa shape index (κ1) is 11.3. The SMILES string of the molecule is Cc1c(F)cccc1C=CCCN=[N+]=[N-]. The van der Waals surface area contributed by atoms with Gasteiger partial charge in [-0.05, 0) is 36.1 Å². The van der Waals surface area contributed by atoms with E-state index in [-0.39, 0.29) is 5.82 Å². The smallest absolute Gasteiger partial charge is 0.126 e. The highest BCUT2D eigenvalue weighted by Crippen LogP contribution is 2.13. The monoisotopic (exact) mass is 205 g/mol. The first-order valence-electron chi connectivity index (χ1n) is 4.68. The zero-order valence-corrected chi connectivity index (χ0v) is 8.52. The molecular weight excluding hydrogens is 193 g/mol. The molecule has 0 radical (unpaired) electrons. The second kappa shape index (κ2) is 5.83. The van der Waals surface area contributed by atoms with Crippen LogP contribution in [0.3, 0.4) is 0 Å². The Balaban J connectivity index is 2.64. The summed E-state index contributed by atoms with van der Waals surface area (Å²) in [6.07, 6.45) is 4.38. The Kier molecular flexibility index (Phi) is 4.38. The average Bonchev–Trinajstić information content (AvgIpc) is 2.24. The van der Waals surface area contributed by atoms with E-state index in [1.54, 1.807) is 13.0 Å². The molecule has 15 heavy (non-hydrogen) atoms. The Morgan fingerprint density at radius 1 is 1.53 bits per heavy atom. The van der Waals surface area contributed by atoms with E-state index in [2.05, 4.69) is 10.0 Å². The molecule has 0 aliphatic heterocycles. The van der Waals surface area contributed by atoms with Crippen LogP contribution < -0.4 is 0 Å². The van der Waals surface area contributed by atoms with Gasteiger partial charge in [-0.15, -0.1) is 0 Å². The van der Waals surface area contributed by atoms with Gasteiger partial charge in [0.25, 0.3) is 0 Å². The Bertz CT molecular complexity index is 406. The lowest BCUT2D eigenvalue weighted by molar-refractivity contribution is 0.618. The Morgan fingerprint density at radius 3 is 3.07 bits per heavy atom. The molecule has 0 aliphatic carbocycles. The van der Waals surface area contributed by atoms with Crippen LogP contribution in [0.5, 0.6) is 0 Å². The minimum Gasteiger partial charge on any atom is -0.207 e. The summed E-state index contributed by atoms with van der Waals surface area (Å²) in [6, 6.07) is 4.96. The van der Waals surface area contributed by atoms with E-state index < -0.39 is 0 Å². The molecule has 1 aromatic carbocycles. The molecule has 0 amide bonds. The highest BCUT2D eigenvalue weighted by molar-refractivity contribution is 5.53. The van der Waals surface area contributed by atoms with E-state index in [4.69, 9.17) is 5.53 Å². The summed E-state index contributed by atoms with van der Waals surface area (Å²) in [5, 5.41) is 3.40. The van der Waals surface area contributed by atoms with Gasteiger partial charge in [0.1, 0.15) is 5.82 Å². The summed E-state index contributed by atoms with van der Waals surface area (Å²) in [4.78, 5) is 2.64. The molecule has 3 nitrogen and oxygen atoms in total. The van der Waals surface area contributed by atoms with Gasteiger partial charge in [-0.2, -0.15) is 0 Å². The van der Waals surface area contributed by atoms with Crippen molar-refractivity contribution in [1.82, 2.24) is 0 Å². The molecule has 1 rings (SSSR count). The molecule has 0 saturated carbocycles. The van der Waals surface area contributed by atoms with Crippen LogP contribution in [0.2, 0.25) is 0 Å². The quantitative estimate of drug-likeness (QED) is 0.310. The maximum absolute atomic E-state index is 13.1. The van der Waals surface area contributed by atoms with Crippen molar-refractivity contribution in [3.05, 3.63) is 51.7 Å². The highest BCUT2D eigenvalue weighted by Gasteiger charge is 1.98. The zero-order chi connectivity index (χ0) is 11.1. The number of benzene rings is 1. The zero-order valence-electron chi connectivity index (χ0n) is 8.52. The van der Waals surface area contributed by atoms with E-state index >= 15 is 0 Å². The van der Waals surface area contributed by atoms with Gasteiger partial charge in [0.05, 0.1) is 0 Å². The molecule has 0 aliphatic rings. The highest BCUT2D eigenvalue weighted by atomic mass is 19.1. The lowest BCUT2D eigenvalue weighted by Crippen LogP contribution is -1.85. The third-order valence-corrected chi connectivity index (χ3v) is 2.07. The van der Waals surface area contributed by atoms with Gasteiger partial charge in [0.2, 0.25) is 0 Å². The third kappa shape index (κ3) is 3.44. The van der Waals surface area contributed by atoms with E-state index in [1.165, 1.54) is 6.07 Å². The molecule has 78 valence electrons. The maximum Gasteiger partial charge on any atom is 0.126 e. The van der Waals surface area contributed by atoms with Crippen LogP contribution in [0.25, 0.3) is 16.5 Å². The fourth-order valence-electron chi connectivity index (χ4n) is 1.19. The molecule has 0 fully saturated rings. The fraction of sp³-hybridized carbons (Fsp3) is 0.273. The number of halogens is 1. The largest absolute Gasteiger partial charge is 0.207 e. The standard InChI is InChI=1S/C11H12FN3/c1-9-10(6-4-7-11(9)12)5-2-3-8-14-15-13/h2,4-7H,3,8H2,1H3. The van der Waals surface area contributed by atoms with Gasteiger partial charge in [-0.1, -0.05) is 29.4 Å². The Labute approximate surface area is 87.9 Å². The molecule has 0 aromatic heterocycles. The number of hydrogen-bond acceptors (Lipinski definition) is 1. The van der Waals surface area contributed by atoms with Gasteiger partial charge in [-0.3, -0.25) is 0 Å². The number of rotatable bonds is 4. The summed E-state index contributed by atoms with van der Waals surface area (Å²) in [7, 11) is 0. The second-order valence-corrected chi connectivity index (χ2v) is 3.10. The van der Waals surface area contributed by atoms with Crippen LogP contribution in [0.1, 0.15) is 17.5 Å². The first-order chi connectivity index (χ1) is 7.25. The predicted octanol–water partition coefficient (Wildman–Crippen LogP) is 3.85. The molecule has 0 heterocycles. The molecule has 0 spiro atoms. The number of nitrogens with zero attached hydrogens (tertiary/aromatic N) is 3. The van der Waals surface area contributed by atoms with E-state index in [0.717, 1.165) is 5.56 Å². The van der Waals surface area contributed by atoms with Gasteiger partial charge < -0.3 is 0 Å². The van der Waals surface area contributed by atoms with Gasteiger partial charge in [-0.25, -0.2) is 4.39 Å². The second-order valence-electron chi connectivity index (χ2n) is 3.10.